The summed E-state index contributed by atoms with van der Waals surface area (Å²) in [5.41, 5.74) is 3.30. The number of carbonyl (C=O) groups excluding carboxylic acids is 1. The zero-order chi connectivity index (χ0) is 18.8. The molecule has 1 N–H and O–H groups in total. The molecule has 2 aromatic heterocycles. The number of aromatic nitrogens is 3. The SMILES string of the molecule is Cc1cc(C(=O)NC(c2ccccc2)C(C)C)c2cnn(C(C)C)c2n1. The maximum Gasteiger partial charge on any atom is 0.252 e. The van der Waals surface area contributed by atoms with Gasteiger partial charge in [-0.3, -0.25) is 4.79 Å². The van der Waals surface area contributed by atoms with Crippen LogP contribution >= 0.6 is 0 Å². The Morgan fingerprint density at radius 3 is 2.42 bits per heavy atom. The average Bonchev–Trinajstić information content (AvgIpc) is 3.03. The largest absolute Gasteiger partial charge is 0.345 e. The van der Waals surface area contributed by atoms with E-state index in [-0.39, 0.29) is 23.9 Å². The van der Waals surface area contributed by atoms with Crippen LogP contribution < -0.4 is 5.32 Å². The van der Waals surface area contributed by atoms with E-state index in [1.54, 1.807) is 6.20 Å². The first kappa shape index (κ1) is 18.1. The molecule has 0 saturated carbocycles. The third-order valence-corrected chi connectivity index (χ3v) is 4.54. The minimum atomic E-state index is -0.0913. The van der Waals surface area contributed by atoms with E-state index < -0.39 is 0 Å². The second-order valence-corrected chi connectivity index (χ2v) is 7.34. The molecule has 0 spiro atoms. The van der Waals surface area contributed by atoms with Crippen molar-refractivity contribution in [2.75, 3.05) is 0 Å². The quantitative estimate of drug-likeness (QED) is 0.739. The van der Waals surface area contributed by atoms with E-state index in [0.29, 0.717) is 5.56 Å². The van der Waals surface area contributed by atoms with Crippen LogP contribution in [0.1, 0.15) is 61.4 Å². The summed E-state index contributed by atoms with van der Waals surface area (Å²) in [4.78, 5) is 17.7. The molecule has 136 valence electrons. The van der Waals surface area contributed by atoms with Crippen LogP contribution in [0.3, 0.4) is 0 Å². The van der Waals surface area contributed by atoms with Gasteiger partial charge < -0.3 is 5.32 Å². The highest BCUT2D eigenvalue weighted by Crippen LogP contribution is 2.25. The number of fused-ring (bicyclic) bond motifs is 1. The van der Waals surface area contributed by atoms with Gasteiger partial charge in [0.05, 0.1) is 23.2 Å². The summed E-state index contributed by atoms with van der Waals surface area (Å²) in [6.07, 6.45) is 1.74. The number of aryl methyl sites for hydroxylation is 1. The first-order valence-corrected chi connectivity index (χ1v) is 9.09. The first-order valence-electron chi connectivity index (χ1n) is 9.09. The van der Waals surface area contributed by atoms with Gasteiger partial charge >= 0.3 is 0 Å². The van der Waals surface area contributed by atoms with Gasteiger partial charge in [0.25, 0.3) is 5.91 Å². The summed E-state index contributed by atoms with van der Waals surface area (Å²) < 4.78 is 1.86. The van der Waals surface area contributed by atoms with Crippen molar-refractivity contribution < 1.29 is 4.79 Å². The lowest BCUT2D eigenvalue weighted by molar-refractivity contribution is 0.0927. The van der Waals surface area contributed by atoms with Crippen LogP contribution in [-0.4, -0.2) is 20.7 Å². The normalized spacial score (nSPS) is 12.7. The zero-order valence-electron chi connectivity index (χ0n) is 16.0. The molecule has 5 heteroatoms. The molecular weight excluding hydrogens is 324 g/mol. The molecule has 0 fully saturated rings. The van der Waals surface area contributed by atoms with Gasteiger partial charge in [-0.1, -0.05) is 44.2 Å². The molecule has 1 amide bonds. The molecule has 3 aromatic rings. The Hall–Kier alpha value is -2.69. The van der Waals surface area contributed by atoms with Crippen LogP contribution in [0.5, 0.6) is 0 Å². The Balaban J connectivity index is 1.99. The monoisotopic (exact) mass is 350 g/mol. The van der Waals surface area contributed by atoms with Gasteiger partial charge in [0, 0.05) is 11.7 Å². The van der Waals surface area contributed by atoms with Crippen molar-refractivity contribution in [2.45, 2.75) is 46.7 Å². The molecule has 2 heterocycles. The Bertz CT molecular complexity index is 912. The second kappa shape index (κ2) is 7.28. The highest BCUT2D eigenvalue weighted by molar-refractivity contribution is 6.05. The number of nitrogens with zero attached hydrogens (tertiary/aromatic N) is 3. The van der Waals surface area contributed by atoms with Crippen LogP contribution in [0.2, 0.25) is 0 Å². The molecular formula is C21H26N4O. The van der Waals surface area contributed by atoms with Crippen molar-refractivity contribution in [1.29, 1.82) is 0 Å². The third kappa shape index (κ3) is 3.47. The smallest absolute Gasteiger partial charge is 0.252 e. The van der Waals surface area contributed by atoms with Crippen LogP contribution in [0, 0.1) is 12.8 Å². The third-order valence-electron chi connectivity index (χ3n) is 4.54. The Morgan fingerprint density at radius 2 is 1.81 bits per heavy atom. The topological polar surface area (TPSA) is 59.8 Å². The van der Waals surface area contributed by atoms with Gasteiger partial charge in [0.15, 0.2) is 5.65 Å². The van der Waals surface area contributed by atoms with Crippen LogP contribution in [0.25, 0.3) is 11.0 Å². The Morgan fingerprint density at radius 1 is 1.12 bits per heavy atom. The molecule has 0 saturated heterocycles. The number of amides is 1. The summed E-state index contributed by atoms with van der Waals surface area (Å²) in [7, 11) is 0. The zero-order valence-corrected chi connectivity index (χ0v) is 16.0. The summed E-state index contributed by atoms with van der Waals surface area (Å²) in [6.45, 7) is 10.2. The van der Waals surface area contributed by atoms with E-state index >= 15 is 0 Å². The lowest BCUT2D eigenvalue weighted by Crippen LogP contribution is -2.32. The molecule has 3 rings (SSSR count). The van der Waals surface area contributed by atoms with Gasteiger partial charge in [0.2, 0.25) is 0 Å². The maximum absolute atomic E-state index is 13.1. The Kier molecular flexibility index (Phi) is 5.07. The minimum absolute atomic E-state index is 0.0487. The second-order valence-electron chi connectivity index (χ2n) is 7.34. The first-order chi connectivity index (χ1) is 12.4. The van der Waals surface area contributed by atoms with E-state index in [1.165, 1.54) is 0 Å². The van der Waals surface area contributed by atoms with E-state index in [4.69, 9.17) is 0 Å². The maximum atomic E-state index is 13.1. The van der Waals surface area contributed by atoms with Crippen LogP contribution in [0.15, 0.2) is 42.6 Å². The fourth-order valence-electron chi connectivity index (χ4n) is 3.22. The molecule has 1 atom stereocenters. The number of hydrogen-bond acceptors (Lipinski definition) is 3. The summed E-state index contributed by atoms with van der Waals surface area (Å²) in [6, 6.07) is 12.1. The highest BCUT2D eigenvalue weighted by Gasteiger charge is 2.22. The fraction of sp³-hybridized carbons (Fsp3) is 0.381. The molecule has 1 aromatic carbocycles. The molecule has 26 heavy (non-hydrogen) atoms. The number of benzene rings is 1. The molecule has 5 nitrogen and oxygen atoms in total. The average molecular weight is 350 g/mol. The number of rotatable bonds is 5. The van der Waals surface area contributed by atoms with Crippen molar-refractivity contribution >= 4 is 16.9 Å². The molecule has 1 unspecified atom stereocenters. The van der Waals surface area contributed by atoms with Gasteiger partial charge in [-0.05, 0) is 38.3 Å². The number of hydrogen-bond donors (Lipinski definition) is 1. The van der Waals surface area contributed by atoms with Crippen molar-refractivity contribution in [1.82, 2.24) is 20.1 Å². The predicted molar refractivity (Wildman–Crippen MR) is 104 cm³/mol. The minimum Gasteiger partial charge on any atom is -0.345 e. The van der Waals surface area contributed by atoms with E-state index in [9.17, 15) is 4.79 Å². The summed E-state index contributed by atoms with van der Waals surface area (Å²) in [5, 5.41) is 8.42. The fourth-order valence-corrected chi connectivity index (χ4v) is 3.22. The Labute approximate surface area is 154 Å². The molecule has 0 aliphatic carbocycles. The lowest BCUT2D eigenvalue weighted by Gasteiger charge is -2.23. The van der Waals surface area contributed by atoms with Crippen molar-refractivity contribution in [3.63, 3.8) is 0 Å². The van der Waals surface area contributed by atoms with Gasteiger partial charge in [-0.2, -0.15) is 5.10 Å². The van der Waals surface area contributed by atoms with Gasteiger partial charge in [0.1, 0.15) is 0 Å². The lowest BCUT2D eigenvalue weighted by atomic mass is 9.95. The number of pyridine rings is 1. The highest BCUT2D eigenvalue weighted by atomic mass is 16.1. The van der Waals surface area contributed by atoms with Crippen molar-refractivity contribution in [2.24, 2.45) is 5.92 Å². The van der Waals surface area contributed by atoms with Gasteiger partial charge in [-0.15, -0.1) is 0 Å². The standard InChI is InChI=1S/C21H26N4O/c1-13(2)19(16-9-7-6-8-10-16)24-21(26)17-11-15(5)23-20-18(17)12-22-25(20)14(3)4/h6-14,19H,1-5H3,(H,24,26). The summed E-state index contributed by atoms with van der Waals surface area (Å²) >= 11 is 0. The van der Waals surface area contributed by atoms with E-state index in [1.807, 2.05) is 35.9 Å². The predicted octanol–water partition coefficient (Wildman–Crippen LogP) is 4.45. The van der Waals surface area contributed by atoms with E-state index in [2.05, 4.69) is 55.2 Å². The van der Waals surface area contributed by atoms with Crippen LogP contribution in [-0.2, 0) is 0 Å². The molecule has 0 bridgehead atoms. The van der Waals surface area contributed by atoms with Crippen molar-refractivity contribution in [3.05, 3.63) is 59.4 Å². The summed E-state index contributed by atoms with van der Waals surface area (Å²) in [5.74, 6) is 0.185. The van der Waals surface area contributed by atoms with E-state index in [0.717, 1.165) is 22.3 Å². The number of nitrogens with one attached hydrogen (secondary N) is 1. The molecule has 0 aliphatic heterocycles. The number of carbonyl (C=O) groups is 1. The van der Waals surface area contributed by atoms with Crippen molar-refractivity contribution in [3.8, 4) is 0 Å². The molecule has 0 aliphatic rings. The molecule has 0 radical (unpaired) electrons. The van der Waals surface area contributed by atoms with Crippen LogP contribution in [0.4, 0.5) is 0 Å². The van der Waals surface area contributed by atoms with Gasteiger partial charge in [-0.25, -0.2) is 9.67 Å².